The van der Waals surface area contributed by atoms with Gasteiger partial charge in [0.05, 0.1) is 5.69 Å². The monoisotopic (exact) mass is 205 g/mol. The van der Waals surface area contributed by atoms with Crippen LogP contribution in [0, 0.1) is 5.82 Å². The second-order valence-electron chi connectivity index (χ2n) is 3.14. The zero-order chi connectivity index (χ0) is 10.7. The lowest BCUT2D eigenvalue weighted by atomic mass is 10.3. The van der Waals surface area contributed by atoms with Gasteiger partial charge < -0.3 is 9.88 Å². The number of aromatic nitrogens is 2. The Bertz CT molecular complexity index is 451. The van der Waals surface area contributed by atoms with Crippen molar-refractivity contribution in [3.8, 4) is 0 Å². The number of benzene rings is 1. The molecular formula is C11H12FN3. The predicted molar refractivity (Wildman–Crippen MR) is 57.6 cm³/mol. The smallest absolute Gasteiger partial charge is 0.207 e. The first-order valence-electron chi connectivity index (χ1n) is 4.84. The van der Waals surface area contributed by atoms with E-state index in [9.17, 15) is 4.39 Å². The van der Waals surface area contributed by atoms with Gasteiger partial charge in [0.2, 0.25) is 5.95 Å². The lowest BCUT2D eigenvalue weighted by Gasteiger charge is -2.08. The van der Waals surface area contributed by atoms with Gasteiger partial charge in [0.15, 0.2) is 0 Å². The molecule has 2 aromatic rings. The first kappa shape index (κ1) is 9.71. The molecule has 0 amide bonds. The van der Waals surface area contributed by atoms with Crippen LogP contribution in [0.3, 0.4) is 0 Å². The van der Waals surface area contributed by atoms with Gasteiger partial charge in [-0.3, -0.25) is 0 Å². The maximum absolute atomic E-state index is 13.3. The van der Waals surface area contributed by atoms with E-state index in [0.29, 0.717) is 11.6 Å². The summed E-state index contributed by atoms with van der Waals surface area (Å²) in [6, 6.07) is 6.54. The van der Waals surface area contributed by atoms with Crippen molar-refractivity contribution in [1.82, 2.24) is 9.55 Å². The number of anilines is 2. The van der Waals surface area contributed by atoms with Crippen LogP contribution >= 0.6 is 0 Å². The SMILES string of the molecule is CCn1ccnc1Nc1ccccc1F. The van der Waals surface area contributed by atoms with Crippen LogP contribution in [-0.2, 0) is 6.54 Å². The normalized spacial score (nSPS) is 10.3. The molecule has 0 aliphatic carbocycles. The van der Waals surface area contributed by atoms with Crippen molar-refractivity contribution in [1.29, 1.82) is 0 Å². The standard InChI is InChI=1S/C11H12FN3/c1-2-15-8-7-13-11(15)14-10-6-4-3-5-9(10)12/h3-8H,2H2,1H3,(H,13,14). The molecule has 15 heavy (non-hydrogen) atoms. The highest BCUT2D eigenvalue weighted by molar-refractivity contribution is 5.54. The van der Waals surface area contributed by atoms with Gasteiger partial charge in [0, 0.05) is 18.9 Å². The molecule has 2 rings (SSSR count). The molecule has 0 unspecified atom stereocenters. The van der Waals surface area contributed by atoms with E-state index in [-0.39, 0.29) is 5.82 Å². The van der Waals surface area contributed by atoms with Crippen molar-refractivity contribution in [3.63, 3.8) is 0 Å². The van der Waals surface area contributed by atoms with Gasteiger partial charge in [-0.15, -0.1) is 0 Å². The highest BCUT2D eigenvalue weighted by Gasteiger charge is 2.04. The van der Waals surface area contributed by atoms with E-state index in [1.54, 1.807) is 24.4 Å². The minimum absolute atomic E-state index is 0.275. The van der Waals surface area contributed by atoms with E-state index in [2.05, 4.69) is 10.3 Å². The molecule has 0 radical (unpaired) electrons. The Labute approximate surface area is 87.6 Å². The first-order valence-corrected chi connectivity index (χ1v) is 4.84. The fourth-order valence-electron chi connectivity index (χ4n) is 1.37. The Morgan fingerprint density at radius 2 is 2.20 bits per heavy atom. The molecule has 78 valence electrons. The number of para-hydroxylation sites is 1. The van der Waals surface area contributed by atoms with E-state index in [1.165, 1.54) is 6.07 Å². The van der Waals surface area contributed by atoms with Gasteiger partial charge in [-0.2, -0.15) is 0 Å². The van der Waals surface area contributed by atoms with Crippen LogP contribution < -0.4 is 5.32 Å². The average molecular weight is 205 g/mol. The number of aryl methyl sites for hydroxylation is 1. The number of hydrogen-bond acceptors (Lipinski definition) is 2. The number of nitrogens with zero attached hydrogens (tertiary/aromatic N) is 2. The quantitative estimate of drug-likeness (QED) is 0.835. The van der Waals surface area contributed by atoms with Crippen LogP contribution in [-0.4, -0.2) is 9.55 Å². The van der Waals surface area contributed by atoms with Crippen LogP contribution in [0.15, 0.2) is 36.7 Å². The maximum Gasteiger partial charge on any atom is 0.207 e. The molecule has 1 heterocycles. The van der Waals surface area contributed by atoms with Gasteiger partial charge in [0.25, 0.3) is 0 Å². The summed E-state index contributed by atoms with van der Waals surface area (Å²) < 4.78 is 15.2. The summed E-state index contributed by atoms with van der Waals surface area (Å²) in [5.74, 6) is 0.380. The average Bonchev–Trinajstić information content (AvgIpc) is 2.69. The topological polar surface area (TPSA) is 29.9 Å². The lowest BCUT2D eigenvalue weighted by molar-refractivity contribution is 0.631. The summed E-state index contributed by atoms with van der Waals surface area (Å²) in [6.07, 6.45) is 3.54. The first-order chi connectivity index (χ1) is 7.31. The Morgan fingerprint density at radius 3 is 2.93 bits per heavy atom. The Kier molecular flexibility index (Phi) is 2.67. The number of imidazole rings is 1. The second-order valence-corrected chi connectivity index (χ2v) is 3.14. The Hall–Kier alpha value is -1.84. The molecule has 0 atom stereocenters. The molecule has 1 aromatic carbocycles. The predicted octanol–water partition coefficient (Wildman–Crippen LogP) is 2.79. The van der Waals surface area contributed by atoms with Gasteiger partial charge in [-0.25, -0.2) is 9.37 Å². The Balaban J connectivity index is 2.26. The minimum Gasteiger partial charge on any atom is -0.323 e. The fourth-order valence-corrected chi connectivity index (χ4v) is 1.37. The van der Waals surface area contributed by atoms with Crippen LogP contribution in [0.4, 0.5) is 16.0 Å². The van der Waals surface area contributed by atoms with Crippen molar-refractivity contribution in [2.75, 3.05) is 5.32 Å². The van der Waals surface area contributed by atoms with Gasteiger partial charge in [-0.05, 0) is 19.1 Å². The van der Waals surface area contributed by atoms with Crippen molar-refractivity contribution in [3.05, 3.63) is 42.5 Å². The van der Waals surface area contributed by atoms with Crippen LogP contribution in [0.2, 0.25) is 0 Å². The molecule has 0 aliphatic heterocycles. The zero-order valence-corrected chi connectivity index (χ0v) is 8.44. The summed E-state index contributed by atoms with van der Waals surface area (Å²) in [5, 5.41) is 2.95. The summed E-state index contributed by atoms with van der Waals surface area (Å²) in [4.78, 5) is 4.11. The summed E-state index contributed by atoms with van der Waals surface area (Å²) in [6.45, 7) is 2.81. The fraction of sp³-hybridized carbons (Fsp3) is 0.182. The third-order valence-corrected chi connectivity index (χ3v) is 2.18. The minimum atomic E-state index is -0.275. The van der Waals surface area contributed by atoms with Crippen molar-refractivity contribution in [2.24, 2.45) is 0 Å². The van der Waals surface area contributed by atoms with E-state index < -0.39 is 0 Å². The molecule has 0 fully saturated rings. The van der Waals surface area contributed by atoms with Crippen molar-refractivity contribution in [2.45, 2.75) is 13.5 Å². The number of hydrogen-bond donors (Lipinski definition) is 1. The third kappa shape index (κ3) is 1.98. The molecule has 1 N–H and O–H groups in total. The highest BCUT2D eigenvalue weighted by Crippen LogP contribution is 2.17. The molecule has 1 aromatic heterocycles. The van der Waals surface area contributed by atoms with E-state index in [0.717, 1.165) is 6.54 Å². The third-order valence-electron chi connectivity index (χ3n) is 2.18. The number of rotatable bonds is 3. The molecule has 0 spiro atoms. The molecule has 0 aliphatic rings. The van der Waals surface area contributed by atoms with Crippen LogP contribution in [0.1, 0.15) is 6.92 Å². The van der Waals surface area contributed by atoms with Gasteiger partial charge >= 0.3 is 0 Å². The molecule has 3 nitrogen and oxygen atoms in total. The number of nitrogens with one attached hydrogen (secondary N) is 1. The van der Waals surface area contributed by atoms with Gasteiger partial charge in [0.1, 0.15) is 5.82 Å². The highest BCUT2D eigenvalue weighted by atomic mass is 19.1. The van der Waals surface area contributed by atoms with Crippen molar-refractivity contribution < 1.29 is 4.39 Å². The molecule has 4 heteroatoms. The lowest BCUT2D eigenvalue weighted by Crippen LogP contribution is -2.02. The van der Waals surface area contributed by atoms with E-state index in [4.69, 9.17) is 0 Å². The van der Waals surface area contributed by atoms with Crippen molar-refractivity contribution >= 4 is 11.6 Å². The molecule has 0 saturated heterocycles. The molecule has 0 bridgehead atoms. The zero-order valence-electron chi connectivity index (χ0n) is 8.44. The van der Waals surface area contributed by atoms with Gasteiger partial charge in [-0.1, -0.05) is 12.1 Å². The van der Waals surface area contributed by atoms with Crippen LogP contribution in [0.25, 0.3) is 0 Å². The number of halogens is 1. The largest absolute Gasteiger partial charge is 0.323 e. The maximum atomic E-state index is 13.3. The summed E-state index contributed by atoms with van der Waals surface area (Å²) in [7, 11) is 0. The summed E-state index contributed by atoms with van der Waals surface area (Å²) in [5.41, 5.74) is 0.443. The van der Waals surface area contributed by atoms with E-state index in [1.807, 2.05) is 17.7 Å². The van der Waals surface area contributed by atoms with Crippen LogP contribution in [0.5, 0.6) is 0 Å². The molecule has 0 saturated carbocycles. The molecular weight excluding hydrogens is 193 g/mol. The summed E-state index contributed by atoms with van der Waals surface area (Å²) >= 11 is 0. The second kappa shape index (κ2) is 4.13. The Morgan fingerprint density at radius 1 is 1.40 bits per heavy atom. The van der Waals surface area contributed by atoms with E-state index >= 15 is 0 Å².